The Morgan fingerprint density at radius 1 is 1.46 bits per heavy atom. The Balaban J connectivity index is 2.09. The smallest absolute Gasteiger partial charge is 0.151 e. The number of nitrogens with one attached hydrogen (secondary N) is 1. The molecule has 0 aromatic heterocycles. The number of hydrogen-bond acceptors (Lipinski definition) is 2. The highest BCUT2D eigenvalue weighted by Crippen LogP contribution is 2.60. The van der Waals surface area contributed by atoms with Crippen molar-refractivity contribution in [3.63, 3.8) is 0 Å². The van der Waals surface area contributed by atoms with Gasteiger partial charge in [0.25, 0.3) is 0 Å². The molecule has 3 unspecified atom stereocenters. The molecule has 3 heteroatoms. The van der Waals surface area contributed by atoms with E-state index in [-0.39, 0.29) is 0 Å². The zero-order valence-corrected chi connectivity index (χ0v) is 9.16. The molecule has 2 bridgehead atoms. The van der Waals surface area contributed by atoms with Crippen molar-refractivity contribution in [3.8, 4) is 0 Å². The fourth-order valence-electron chi connectivity index (χ4n) is 3.25. The zero-order chi connectivity index (χ0) is 9.64. The second kappa shape index (κ2) is 2.91. The van der Waals surface area contributed by atoms with Gasteiger partial charge in [0.2, 0.25) is 0 Å². The molecule has 0 aromatic rings. The molecule has 13 heavy (non-hydrogen) atoms. The Bertz CT molecular complexity index is 237. The van der Waals surface area contributed by atoms with E-state index in [0.29, 0.717) is 15.8 Å². The quantitative estimate of drug-likeness (QED) is 0.502. The Morgan fingerprint density at radius 3 is 2.54 bits per heavy atom. The van der Waals surface area contributed by atoms with Crippen molar-refractivity contribution in [2.75, 3.05) is 0 Å². The number of hydrogen-bond donors (Lipinski definition) is 2. The molecule has 2 fully saturated rings. The largest absolute Gasteiger partial charge is 0.379 e. The van der Waals surface area contributed by atoms with Gasteiger partial charge in [-0.1, -0.05) is 25.6 Å². The second-order valence-electron chi connectivity index (χ2n) is 4.96. The molecule has 0 radical (unpaired) electrons. The number of rotatable bonds is 1. The second-order valence-corrected chi connectivity index (χ2v) is 6.24. The first-order valence-corrected chi connectivity index (χ1v) is 5.90. The van der Waals surface area contributed by atoms with Crippen LogP contribution in [0, 0.1) is 22.7 Å². The first-order valence-electron chi connectivity index (χ1n) is 5.02. The van der Waals surface area contributed by atoms with E-state index in [9.17, 15) is 0 Å². The minimum Gasteiger partial charge on any atom is -0.379 e. The third kappa shape index (κ3) is 1.37. The third-order valence-electron chi connectivity index (χ3n) is 4.08. The number of nitrogens with two attached hydrogens (primary N) is 1. The Labute approximate surface area is 84.2 Å². The van der Waals surface area contributed by atoms with Crippen LogP contribution < -0.4 is 5.73 Å². The lowest BCUT2D eigenvalue weighted by atomic mass is 9.82. The minimum absolute atomic E-state index is 0.299. The van der Waals surface area contributed by atoms with Gasteiger partial charge in [-0.25, -0.2) is 0 Å². The van der Waals surface area contributed by atoms with Gasteiger partial charge in [0.1, 0.15) is 0 Å². The van der Waals surface area contributed by atoms with E-state index in [1.165, 1.54) is 19.3 Å². The summed E-state index contributed by atoms with van der Waals surface area (Å²) in [5, 5.41) is 8.24. The standard InChI is InChI=1S/C10H18N2S/c1-10(2)6-3-4-7(10)8(5-6)13-9(11)12/h6-8H,3-5H2,1-2H3,(H3,11,12). The van der Waals surface area contributed by atoms with Gasteiger partial charge in [0, 0.05) is 5.25 Å². The first-order chi connectivity index (χ1) is 6.01. The van der Waals surface area contributed by atoms with Crippen LogP contribution in [0.25, 0.3) is 0 Å². The lowest BCUT2D eigenvalue weighted by Gasteiger charge is -2.25. The molecular weight excluding hydrogens is 180 g/mol. The van der Waals surface area contributed by atoms with Crippen molar-refractivity contribution < 1.29 is 0 Å². The summed E-state index contributed by atoms with van der Waals surface area (Å²) < 4.78 is 0. The zero-order valence-electron chi connectivity index (χ0n) is 8.34. The molecular formula is C10H18N2S. The van der Waals surface area contributed by atoms with Crippen LogP contribution in [0.3, 0.4) is 0 Å². The van der Waals surface area contributed by atoms with Crippen molar-refractivity contribution >= 4 is 16.9 Å². The van der Waals surface area contributed by atoms with Gasteiger partial charge in [-0.3, -0.25) is 5.41 Å². The van der Waals surface area contributed by atoms with Gasteiger partial charge in [-0.15, -0.1) is 0 Å². The Morgan fingerprint density at radius 2 is 2.15 bits per heavy atom. The summed E-state index contributed by atoms with van der Waals surface area (Å²) in [7, 11) is 0. The van der Waals surface area contributed by atoms with Crippen molar-refractivity contribution in [2.45, 2.75) is 38.4 Å². The van der Waals surface area contributed by atoms with E-state index in [2.05, 4.69) is 13.8 Å². The van der Waals surface area contributed by atoms with E-state index >= 15 is 0 Å². The van der Waals surface area contributed by atoms with Crippen molar-refractivity contribution in [2.24, 2.45) is 23.0 Å². The highest BCUT2D eigenvalue weighted by molar-refractivity contribution is 8.14. The number of thioether (sulfide) groups is 1. The van der Waals surface area contributed by atoms with E-state index in [1.807, 2.05) is 0 Å². The van der Waals surface area contributed by atoms with Crippen LogP contribution in [-0.2, 0) is 0 Å². The van der Waals surface area contributed by atoms with Gasteiger partial charge in [0.05, 0.1) is 0 Å². The molecule has 74 valence electrons. The van der Waals surface area contributed by atoms with Crippen molar-refractivity contribution in [1.29, 1.82) is 5.41 Å². The van der Waals surface area contributed by atoms with Crippen LogP contribution in [0.5, 0.6) is 0 Å². The summed E-state index contributed by atoms with van der Waals surface area (Å²) in [4.78, 5) is 0. The maximum Gasteiger partial charge on any atom is 0.151 e. The molecule has 0 heterocycles. The minimum atomic E-state index is 0.299. The third-order valence-corrected chi connectivity index (χ3v) is 5.16. The average molecular weight is 198 g/mol. The monoisotopic (exact) mass is 198 g/mol. The topological polar surface area (TPSA) is 49.9 Å². The average Bonchev–Trinajstić information content (AvgIpc) is 2.38. The normalized spacial score (nSPS) is 40.9. The highest BCUT2D eigenvalue weighted by Gasteiger charge is 2.53. The van der Waals surface area contributed by atoms with Crippen LogP contribution in [0.1, 0.15) is 33.1 Å². The van der Waals surface area contributed by atoms with Gasteiger partial charge in [-0.2, -0.15) is 0 Å². The molecule has 0 spiro atoms. The summed E-state index contributed by atoms with van der Waals surface area (Å²) in [6.45, 7) is 4.77. The molecule has 0 saturated heterocycles. The summed E-state index contributed by atoms with van der Waals surface area (Å²) in [5.41, 5.74) is 5.95. The summed E-state index contributed by atoms with van der Waals surface area (Å²) >= 11 is 1.59. The molecule has 3 atom stereocenters. The van der Waals surface area contributed by atoms with Gasteiger partial charge < -0.3 is 5.73 Å². The predicted octanol–water partition coefficient (Wildman–Crippen LogP) is 2.44. The van der Waals surface area contributed by atoms with E-state index in [1.54, 1.807) is 11.8 Å². The van der Waals surface area contributed by atoms with Gasteiger partial charge >= 0.3 is 0 Å². The highest BCUT2D eigenvalue weighted by atomic mass is 32.2. The maximum absolute atomic E-state index is 7.31. The van der Waals surface area contributed by atoms with Crippen molar-refractivity contribution in [3.05, 3.63) is 0 Å². The SMILES string of the molecule is CC1(C)C2CCC1C(SC(=N)N)C2. The van der Waals surface area contributed by atoms with E-state index in [4.69, 9.17) is 11.1 Å². The van der Waals surface area contributed by atoms with Crippen LogP contribution in [-0.4, -0.2) is 10.4 Å². The maximum atomic E-state index is 7.31. The van der Waals surface area contributed by atoms with Crippen LogP contribution in [0.2, 0.25) is 0 Å². The Kier molecular flexibility index (Phi) is 2.10. The molecule has 0 aromatic carbocycles. The fraction of sp³-hybridized carbons (Fsp3) is 0.900. The first kappa shape index (κ1) is 9.38. The molecule has 2 rings (SSSR count). The summed E-state index contributed by atoms with van der Waals surface area (Å²) in [5.74, 6) is 1.68. The molecule has 2 nitrogen and oxygen atoms in total. The molecule has 2 aliphatic carbocycles. The summed E-state index contributed by atoms with van der Waals surface area (Å²) in [6, 6.07) is 0. The van der Waals surface area contributed by atoms with Crippen molar-refractivity contribution in [1.82, 2.24) is 0 Å². The van der Waals surface area contributed by atoms with Gasteiger partial charge in [0.15, 0.2) is 5.17 Å². The van der Waals surface area contributed by atoms with E-state index < -0.39 is 0 Å². The number of amidine groups is 1. The lowest BCUT2D eigenvalue weighted by Crippen LogP contribution is -2.23. The predicted molar refractivity (Wildman–Crippen MR) is 57.9 cm³/mol. The van der Waals surface area contributed by atoms with E-state index in [0.717, 1.165) is 11.8 Å². The molecule has 0 aliphatic heterocycles. The molecule has 3 N–H and O–H groups in total. The molecule has 0 amide bonds. The van der Waals surface area contributed by atoms with Crippen LogP contribution >= 0.6 is 11.8 Å². The fourth-order valence-corrected chi connectivity index (χ4v) is 4.56. The van der Waals surface area contributed by atoms with Crippen LogP contribution in [0.15, 0.2) is 0 Å². The Hall–Kier alpha value is -0.180. The van der Waals surface area contributed by atoms with Crippen LogP contribution in [0.4, 0.5) is 0 Å². The lowest BCUT2D eigenvalue weighted by molar-refractivity contribution is 0.261. The molecule has 2 aliphatic rings. The number of fused-ring (bicyclic) bond motifs is 2. The van der Waals surface area contributed by atoms with Gasteiger partial charge in [-0.05, 0) is 36.5 Å². The molecule has 2 saturated carbocycles. The summed E-state index contributed by atoms with van der Waals surface area (Å²) in [6.07, 6.45) is 4.02.